The highest BCUT2D eigenvalue weighted by atomic mass is 16.5. The molecule has 0 aliphatic carbocycles. The molecule has 7 nitrogen and oxygen atoms in total. The van der Waals surface area contributed by atoms with Crippen LogP contribution in [0, 0.1) is 0 Å². The summed E-state index contributed by atoms with van der Waals surface area (Å²) in [7, 11) is 0. The zero-order valence-corrected chi connectivity index (χ0v) is 9.81. The van der Waals surface area contributed by atoms with Crippen molar-refractivity contribution < 1.29 is 24.2 Å². The molecule has 0 unspecified atom stereocenters. The molecule has 0 aromatic rings. The molecule has 0 spiro atoms. The molecule has 0 rings (SSSR count). The third-order valence-corrected chi connectivity index (χ3v) is 1.75. The van der Waals surface area contributed by atoms with Gasteiger partial charge in [-0.15, -0.1) is 0 Å². The van der Waals surface area contributed by atoms with E-state index in [2.05, 4.69) is 10.6 Å². The monoisotopic (exact) mass is 248 g/mol. The summed E-state index contributed by atoms with van der Waals surface area (Å²) in [6.07, 6.45) is 0.738. The summed E-state index contributed by atoms with van der Waals surface area (Å²) in [4.78, 5) is 20.8. The van der Waals surface area contributed by atoms with Crippen molar-refractivity contribution in [1.29, 1.82) is 0 Å². The predicted octanol–water partition coefficient (Wildman–Crippen LogP) is -1.74. The first-order valence-corrected chi connectivity index (χ1v) is 5.51. The highest BCUT2D eigenvalue weighted by Gasteiger charge is 1.97. The quantitative estimate of drug-likeness (QED) is 0.281. The van der Waals surface area contributed by atoms with E-state index in [1.165, 1.54) is 0 Å². The Bertz CT molecular complexity index is 201. The molecule has 0 aromatic carbocycles. The van der Waals surface area contributed by atoms with Crippen molar-refractivity contribution in [2.45, 2.75) is 6.42 Å². The zero-order valence-electron chi connectivity index (χ0n) is 9.81. The molecule has 17 heavy (non-hydrogen) atoms. The van der Waals surface area contributed by atoms with Crippen molar-refractivity contribution in [3.05, 3.63) is 0 Å². The molecule has 0 heterocycles. The van der Waals surface area contributed by atoms with Gasteiger partial charge in [0.2, 0.25) is 12.3 Å². The highest BCUT2D eigenvalue weighted by Crippen LogP contribution is 1.79. The second kappa shape index (κ2) is 12.9. The lowest BCUT2D eigenvalue weighted by Crippen LogP contribution is -2.28. The van der Waals surface area contributed by atoms with E-state index in [1.54, 1.807) is 0 Å². The van der Waals surface area contributed by atoms with E-state index in [0.29, 0.717) is 45.9 Å². The van der Waals surface area contributed by atoms with Gasteiger partial charge in [-0.2, -0.15) is 0 Å². The number of hydrogen-bond donors (Lipinski definition) is 3. The minimum Gasteiger partial charge on any atom is -0.396 e. The fourth-order valence-corrected chi connectivity index (χ4v) is 0.965. The van der Waals surface area contributed by atoms with Gasteiger partial charge in [0.05, 0.1) is 33.0 Å². The van der Waals surface area contributed by atoms with Gasteiger partial charge in [0.15, 0.2) is 0 Å². The third kappa shape index (κ3) is 12.8. The number of nitrogens with one attached hydrogen (secondary N) is 2. The standard InChI is InChI=1S/C10H20N2O5/c13-4-1-10(15)12-3-6-17-8-7-16-5-2-11-9-14/h9,13H,1-8H2,(H,11,14)(H,12,15). The Morgan fingerprint density at radius 2 is 1.76 bits per heavy atom. The first-order chi connectivity index (χ1) is 8.31. The zero-order chi connectivity index (χ0) is 12.8. The van der Waals surface area contributed by atoms with Crippen LogP contribution in [0.5, 0.6) is 0 Å². The molecule has 7 heteroatoms. The molecule has 0 aliphatic rings. The van der Waals surface area contributed by atoms with Gasteiger partial charge in [0, 0.05) is 19.5 Å². The SMILES string of the molecule is O=CNCCOCCOCCNC(=O)CCO. The molecule has 0 aliphatic heterocycles. The second-order valence-electron chi connectivity index (χ2n) is 3.12. The Morgan fingerprint density at radius 1 is 1.12 bits per heavy atom. The van der Waals surface area contributed by atoms with Gasteiger partial charge in [-0.05, 0) is 0 Å². The molecule has 0 radical (unpaired) electrons. The van der Waals surface area contributed by atoms with Gasteiger partial charge in [-0.25, -0.2) is 0 Å². The summed E-state index contributed by atoms with van der Waals surface area (Å²) in [5.74, 6) is -0.188. The lowest BCUT2D eigenvalue weighted by molar-refractivity contribution is -0.122. The van der Waals surface area contributed by atoms with E-state index in [9.17, 15) is 9.59 Å². The largest absolute Gasteiger partial charge is 0.396 e. The smallest absolute Gasteiger partial charge is 0.222 e. The van der Waals surface area contributed by atoms with Crippen molar-refractivity contribution in [3.8, 4) is 0 Å². The lowest BCUT2D eigenvalue weighted by atomic mass is 10.4. The number of aliphatic hydroxyl groups excluding tert-OH is 1. The molecule has 0 atom stereocenters. The van der Waals surface area contributed by atoms with Gasteiger partial charge in [0.25, 0.3) is 0 Å². The van der Waals surface area contributed by atoms with E-state index >= 15 is 0 Å². The molecule has 100 valence electrons. The van der Waals surface area contributed by atoms with Crippen LogP contribution in [-0.2, 0) is 19.1 Å². The molecule has 0 bridgehead atoms. The van der Waals surface area contributed by atoms with Crippen LogP contribution in [0.4, 0.5) is 0 Å². The summed E-state index contributed by atoms with van der Waals surface area (Å²) in [5.41, 5.74) is 0. The second-order valence-corrected chi connectivity index (χ2v) is 3.12. The molecule has 0 fully saturated rings. The summed E-state index contributed by atoms with van der Waals surface area (Å²) in [5, 5.41) is 13.5. The number of ether oxygens (including phenoxy) is 2. The molecular weight excluding hydrogens is 228 g/mol. The van der Waals surface area contributed by atoms with Gasteiger partial charge < -0.3 is 25.2 Å². The Balaban J connectivity index is 3.03. The number of carbonyl (C=O) groups is 2. The van der Waals surface area contributed by atoms with E-state index < -0.39 is 0 Å². The van der Waals surface area contributed by atoms with E-state index in [1.807, 2.05) is 0 Å². The number of hydrogen-bond acceptors (Lipinski definition) is 5. The fourth-order valence-electron chi connectivity index (χ4n) is 0.965. The summed E-state index contributed by atoms with van der Waals surface area (Å²) in [6.45, 7) is 2.52. The first kappa shape index (κ1) is 15.8. The molecule has 0 saturated carbocycles. The van der Waals surface area contributed by atoms with Crippen molar-refractivity contribution in [3.63, 3.8) is 0 Å². The van der Waals surface area contributed by atoms with Crippen molar-refractivity contribution in [2.75, 3.05) is 46.1 Å². The van der Waals surface area contributed by atoms with Crippen LogP contribution in [0.15, 0.2) is 0 Å². The van der Waals surface area contributed by atoms with Crippen LogP contribution in [0.1, 0.15) is 6.42 Å². The maximum Gasteiger partial charge on any atom is 0.222 e. The Morgan fingerprint density at radius 3 is 2.35 bits per heavy atom. The van der Waals surface area contributed by atoms with Crippen LogP contribution in [-0.4, -0.2) is 63.5 Å². The van der Waals surface area contributed by atoms with Crippen LogP contribution < -0.4 is 10.6 Å². The average molecular weight is 248 g/mol. The van der Waals surface area contributed by atoms with Gasteiger partial charge in [-0.1, -0.05) is 0 Å². The van der Waals surface area contributed by atoms with E-state index in [4.69, 9.17) is 14.6 Å². The first-order valence-electron chi connectivity index (χ1n) is 5.51. The Hall–Kier alpha value is -1.18. The average Bonchev–Trinajstić information content (AvgIpc) is 2.32. The predicted molar refractivity (Wildman–Crippen MR) is 60.4 cm³/mol. The minimum absolute atomic E-state index is 0.118. The van der Waals surface area contributed by atoms with Crippen molar-refractivity contribution in [2.24, 2.45) is 0 Å². The fraction of sp³-hybridized carbons (Fsp3) is 0.800. The summed E-state index contributed by atoms with van der Waals surface area (Å²) in [6, 6.07) is 0. The topological polar surface area (TPSA) is 96.9 Å². The number of aliphatic hydroxyl groups is 1. The third-order valence-electron chi connectivity index (χ3n) is 1.75. The van der Waals surface area contributed by atoms with Gasteiger partial charge in [0.1, 0.15) is 0 Å². The molecule has 0 saturated heterocycles. The van der Waals surface area contributed by atoms with E-state index in [0.717, 1.165) is 0 Å². The maximum absolute atomic E-state index is 10.9. The molecule has 0 aromatic heterocycles. The number of rotatable bonds is 12. The normalized spacial score (nSPS) is 9.94. The van der Waals surface area contributed by atoms with Crippen LogP contribution in [0.25, 0.3) is 0 Å². The van der Waals surface area contributed by atoms with Crippen molar-refractivity contribution >= 4 is 12.3 Å². The summed E-state index contributed by atoms with van der Waals surface area (Å²) >= 11 is 0. The number of carbonyl (C=O) groups excluding carboxylic acids is 2. The number of amides is 2. The van der Waals surface area contributed by atoms with Crippen LogP contribution in [0.2, 0.25) is 0 Å². The molecular formula is C10H20N2O5. The van der Waals surface area contributed by atoms with Crippen molar-refractivity contribution in [1.82, 2.24) is 10.6 Å². The van der Waals surface area contributed by atoms with Crippen LogP contribution >= 0.6 is 0 Å². The lowest BCUT2D eigenvalue weighted by Gasteiger charge is -2.06. The minimum atomic E-state index is -0.188. The maximum atomic E-state index is 10.9. The van der Waals surface area contributed by atoms with E-state index in [-0.39, 0.29) is 18.9 Å². The van der Waals surface area contributed by atoms with Crippen LogP contribution in [0.3, 0.4) is 0 Å². The molecule has 3 N–H and O–H groups in total. The van der Waals surface area contributed by atoms with Gasteiger partial charge >= 0.3 is 0 Å². The Kier molecular flexibility index (Phi) is 12.0. The Labute approximate surface area is 100 Å². The molecule has 2 amide bonds. The van der Waals surface area contributed by atoms with Gasteiger partial charge in [-0.3, -0.25) is 9.59 Å². The highest BCUT2D eigenvalue weighted by molar-refractivity contribution is 5.75. The summed E-state index contributed by atoms with van der Waals surface area (Å²) < 4.78 is 10.3.